The van der Waals surface area contributed by atoms with Crippen molar-refractivity contribution in [2.45, 2.75) is 55.9 Å². The highest BCUT2D eigenvalue weighted by Gasteiger charge is 2.45. The summed E-state index contributed by atoms with van der Waals surface area (Å²) in [4.78, 5) is 14.6. The van der Waals surface area contributed by atoms with Gasteiger partial charge in [-0.1, -0.05) is 34.1 Å². The third kappa shape index (κ3) is 3.63. The van der Waals surface area contributed by atoms with Gasteiger partial charge in [0, 0.05) is 29.2 Å². The highest BCUT2D eigenvalue weighted by Crippen LogP contribution is 2.38. The van der Waals surface area contributed by atoms with Gasteiger partial charge in [-0.05, 0) is 43.7 Å². The van der Waals surface area contributed by atoms with Crippen LogP contribution in [0.25, 0.3) is 0 Å². The molecule has 0 N–H and O–H groups in total. The predicted octanol–water partition coefficient (Wildman–Crippen LogP) is 2.95. The lowest BCUT2D eigenvalue weighted by Crippen LogP contribution is -2.49. The largest absolute Gasteiger partial charge is 0.337 e. The van der Waals surface area contributed by atoms with Gasteiger partial charge >= 0.3 is 0 Å². The van der Waals surface area contributed by atoms with Crippen molar-refractivity contribution in [2.75, 3.05) is 6.26 Å². The number of sulfone groups is 1. The number of rotatable bonds is 4. The molecular formula is C17H22BrNO3S. The summed E-state index contributed by atoms with van der Waals surface area (Å²) in [5.41, 5.74) is 1.14. The van der Waals surface area contributed by atoms with Crippen molar-refractivity contribution in [1.29, 1.82) is 0 Å². The second-order valence-electron chi connectivity index (χ2n) is 6.70. The van der Waals surface area contributed by atoms with Gasteiger partial charge in [-0.25, -0.2) is 8.42 Å². The van der Waals surface area contributed by atoms with Crippen LogP contribution in [0.4, 0.5) is 0 Å². The molecule has 0 aliphatic carbocycles. The molecule has 6 heteroatoms. The third-order valence-corrected chi connectivity index (χ3v) is 7.52. The predicted molar refractivity (Wildman–Crippen MR) is 94.0 cm³/mol. The maximum atomic E-state index is 12.7. The van der Waals surface area contributed by atoms with E-state index in [0.717, 1.165) is 22.9 Å². The summed E-state index contributed by atoms with van der Waals surface area (Å²) in [6.45, 7) is 0. The third-order valence-electron chi connectivity index (χ3n) is 5.15. The Morgan fingerprint density at radius 1 is 1.22 bits per heavy atom. The van der Waals surface area contributed by atoms with Gasteiger partial charge in [0.05, 0.1) is 5.25 Å². The fourth-order valence-electron chi connectivity index (χ4n) is 3.96. The Balaban J connectivity index is 1.64. The fourth-order valence-corrected chi connectivity index (χ4v) is 5.58. The zero-order valence-corrected chi connectivity index (χ0v) is 15.6. The standard InChI is InChI=1S/C17H22BrNO3S/c1-23(21,22)15-10-13-7-8-14(11-15)19(13)17(20)9-6-12-4-2-3-5-16(12)18/h2-5,13-15H,6-11H2,1H3. The van der Waals surface area contributed by atoms with Crippen LogP contribution in [0.15, 0.2) is 28.7 Å². The van der Waals surface area contributed by atoms with Crippen LogP contribution in [0.5, 0.6) is 0 Å². The summed E-state index contributed by atoms with van der Waals surface area (Å²) in [6, 6.07) is 8.18. The number of halogens is 1. The van der Waals surface area contributed by atoms with E-state index in [2.05, 4.69) is 15.9 Å². The van der Waals surface area contributed by atoms with Gasteiger partial charge in [0.1, 0.15) is 9.84 Å². The summed E-state index contributed by atoms with van der Waals surface area (Å²) in [6.07, 6.45) is 5.62. The molecule has 0 radical (unpaired) electrons. The van der Waals surface area contributed by atoms with Gasteiger partial charge in [0.2, 0.25) is 5.91 Å². The number of carbonyl (C=O) groups is 1. The minimum Gasteiger partial charge on any atom is -0.337 e. The maximum Gasteiger partial charge on any atom is 0.223 e. The quantitative estimate of drug-likeness (QED) is 0.781. The van der Waals surface area contributed by atoms with Crippen molar-refractivity contribution in [3.05, 3.63) is 34.3 Å². The van der Waals surface area contributed by atoms with Gasteiger partial charge in [-0.2, -0.15) is 0 Å². The number of hydrogen-bond donors (Lipinski definition) is 0. The van der Waals surface area contributed by atoms with E-state index in [-0.39, 0.29) is 23.2 Å². The van der Waals surface area contributed by atoms with Crippen LogP contribution in [0.1, 0.15) is 37.7 Å². The van der Waals surface area contributed by atoms with Crippen molar-refractivity contribution in [2.24, 2.45) is 0 Å². The number of nitrogens with zero attached hydrogens (tertiary/aromatic N) is 1. The molecule has 126 valence electrons. The normalized spacial score (nSPS) is 27.2. The second kappa shape index (κ2) is 6.55. The molecule has 2 aliphatic rings. The van der Waals surface area contributed by atoms with E-state index < -0.39 is 9.84 Å². The molecule has 1 aromatic rings. The number of fused-ring (bicyclic) bond motifs is 2. The lowest BCUT2D eigenvalue weighted by Gasteiger charge is -2.38. The summed E-state index contributed by atoms with van der Waals surface area (Å²) in [7, 11) is -3.01. The van der Waals surface area contributed by atoms with Crippen LogP contribution in [0.2, 0.25) is 0 Å². The van der Waals surface area contributed by atoms with Crippen LogP contribution in [0.3, 0.4) is 0 Å². The lowest BCUT2D eigenvalue weighted by atomic mass is 10.0. The summed E-state index contributed by atoms with van der Waals surface area (Å²) in [5, 5.41) is -0.271. The van der Waals surface area contributed by atoms with E-state index in [0.29, 0.717) is 25.7 Å². The fraction of sp³-hybridized carbons (Fsp3) is 0.588. The monoisotopic (exact) mass is 399 g/mol. The van der Waals surface area contributed by atoms with Crippen molar-refractivity contribution < 1.29 is 13.2 Å². The number of carbonyl (C=O) groups excluding carboxylic acids is 1. The highest BCUT2D eigenvalue weighted by molar-refractivity contribution is 9.10. The van der Waals surface area contributed by atoms with E-state index in [1.165, 1.54) is 6.26 Å². The molecule has 2 saturated heterocycles. The van der Waals surface area contributed by atoms with Crippen molar-refractivity contribution in [3.63, 3.8) is 0 Å². The number of benzene rings is 1. The minimum atomic E-state index is -3.01. The van der Waals surface area contributed by atoms with Crippen LogP contribution < -0.4 is 0 Å². The van der Waals surface area contributed by atoms with E-state index in [1.54, 1.807) is 0 Å². The van der Waals surface area contributed by atoms with Crippen molar-refractivity contribution in [3.8, 4) is 0 Å². The van der Waals surface area contributed by atoms with Gasteiger partial charge < -0.3 is 4.90 Å². The molecular weight excluding hydrogens is 378 g/mol. The van der Waals surface area contributed by atoms with Gasteiger partial charge in [0.25, 0.3) is 0 Å². The Labute approximate surface area is 146 Å². The zero-order chi connectivity index (χ0) is 16.6. The SMILES string of the molecule is CS(=O)(=O)C1CC2CCC(C1)N2C(=O)CCc1ccccc1Br. The average Bonchev–Trinajstić information content (AvgIpc) is 2.75. The molecule has 0 spiro atoms. The van der Waals surface area contributed by atoms with Gasteiger partial charge in [0.15, 0.2) is 0 Å². The Morgan fingerprint density at radius 2 is 1.83 bits per heavy atom. The maximum absolute atomic E-state index is 12.7. The molecule has 2 atom stereocenters. The first-order valence-corrected chi connectivity index (χ1v) is 10.8. The Hall–Kier alpha value is -0.880. The number of amides is 1. The summed E-state index contributed by atoms with van der Waals surface area (Å²) >= 11 is 3.52. The molecule has 4 nitrogen and oxygen atoms in total. The zero-order valence-electron chi connectivity index (χ0n) is 13.2. The first kappa shape index (κ1) is 17.0. The molecule has 0 aromatic heterocycles. The van der Waals surface area contributed by atoms with Crippen LogP contribution in [0, 0.1) is 0 Å². The van der Waals surface area contributed by atoms with Crippen LogP contribution in [-0.2, 0) is 21.1 Å². The molecule has 2 heterocycles. The topological polar surface area (TPSA) is 54.5 Å². The smallest absolute Gasteiger partial charge is 0.223 e. The van der Waals surface area contributed by atoms with Crippen molar-refractivity contribution >= 4 is 31.7 Å². The molecule has 1 aromatic carbocycles. The number of aryl methyl sites for hydroxylation is 1. The van der Waals surface area contributed by atoms with Crippen LogP contribution >= 0.6 is 15.9 Å². The molecule has 2 aliphatic heterocycles. The molecule has 2 unspecified atom stereocenters. The Kier molecular flexibility index (Phi) is 4.83. The highest BCUT2D eigenvalue weighted by atomic mass is 79.9. The average molecular weight is 400 g/mol. The Bertz CT molecular complexity index is 690. The van der Waals surface area contributed by atoms with Crippen molar-refractivity contribution in [1.82, 2.24) is 4.90 Å². The van der Waals surface area contributed by atoms with E-state index >= 15 is 0 Å². The molecule has 2 bridgehead atoms. The van der Waals surface area contributed by atoms with Crippen LogP contribution in [-0.4, -0.2) is 42.8 Å². The van der Waals surface area contributed by atoms with Gasteiger partial charge in [-0.3, -0.25) is 4.79 Å². The molecule has 3 rings (SSSR count). The minimum absolute atomic E-state index is 0.111. The second-order valence-corrected chi connectivity index (χ2v) is 9.88. The first-order valence-electron chi connectivity index (χ1n) is 8.09. The Morgan fingerprint density at radius 3 is 2.39 bits per heavy atom. The lowest BCUT2D eigenvalue weighted by molar-refractivity contribution is -0.135. The molecule has 1 amide bonds. The van der Waals surface area contributed by atoms with E-state index in [9.17, 15) is 13.2 Å². The number of piperidine rings is 1. The number of hydrogen-bond acceptors (Lipinski definition) is 3. The molecule has 23 heavy (non-hydrogen) atoms. The van der Waals surface area contributed by atoms with E-state index in [4.69, 9.17) is 0 Å². The molecule has 2 fully saturated rings. The molecule has 0 saturated carbocycles. The summed E-state index contributed by atoms with van der Waals surface area (Å²) in [5.74, 6) is 0.167. The first-order chi connectivity index (χ1) is 10.9. The van der Waals surface area contributed by atoms with E-state index in [1.807, 2.05) is 29.2 Å². The summed E-state index contributed by atoms with van der Waals surface area (Å²) < 4.78 is 24.7. The van der Waals surface area contributed by atoms with Gasteiger partial charge in [-0.15, -0.1) is 0 Å².